The van der Waals surface area contributed by atoms with Gasteiger partial charge in [-0.25, -0.2) is 14.6 Å². The van der Waals surface area contributed by atoms with E-state index in [2.05, 4.69) is 9.97 Å². The highest BCUT2D eigenvalue weighted by Crippen LogP contribution is 2.26. The summed E-state index contributed by atoms with van der Waals surface area (Å²) in [4.78, 5) is 55.7. The van der Waals surface area contributed by atoms with Gasteiger partial charge >= 0.3 is 11.9 Å². The molecular weight excluding hydrogens is 492 g/mol. The Bertz CT molecular complexity index is 1070. The third kappa shape index (κ3) is 9.13. The van der Waals surface area contributed by atoms with Crippen LogP contribution in [0, 0.1) is 5.92 Å². The second-order valence-electron chi connectivity index (χ2n) is 9.35. The van der Waals surface area contributed by atoms with Gasteiger partial charge in [0.1, 0.15) is 0 Å². The molecule has 2 fully saturated rings. The molecule has 0 atom stereocenters. The van der Waals surface area contributed by atoms with Crippen LogP contribution in [-0.4, -0.2) is 86.5 Å². The second kappa shape index (κ2) is 14.7. The zero-order chi connectivity index (χ0) is 27.3. The highest BCUT2D eigenvalue weighted by molar-refractivity contribution is 6.27. The third-order valence-corrected chi connectivity index (χ3v) is 6.66. The molecule has 1 aliphatic heterocycles. The van der Waals surface area contributed by atoms with Crippen molar-refractivity contribution in [3.63, 3.8) is 0 Å². The Morgan fingerprint density at radius 3 is 2.24 bits per heavy atom. The van der Waals surface area contributed by atoms with E-state index < -0.39 is 11.9 Å². The maximum Gasteiger partial charge on any atom is 0.414 e. The minimum absolute atomic E-state index is 0.0381. The first kappa shape index (κ1) is 28.5. The number of carbonyl (C=O) groups excluding carboxylic acids is 2. The van der Waals surface area contributed by atoms with Crippen LogP contribution in [0.15, 0.2) is 42.9 Å². The summed E-state index contributed by atoms with van der Waals surface area (Å²) in [6.07, 6.45) is 13.1. The van der Waals surface area contributed by atoms with E-state index >= 15 is 0 Å². The number of aliphatic carboxylic acids is 2. The van der Waals surface area contributed by atoms with Crippen molar-refractivity contribution in [1.29, 1.82) is 0 Å². The van der Waals surface area contributed by atoms with Crippen LogP contribution in [0.5, 0.6) is 5.88 Å². The van der Waals surface area contributed by atoms with Crippen molar-refractivity contribution in [1.82, 2.24) is 19.8 Å². The van der Waals surface area contributed by atoms with Crippen LogP contribution in [0.4, 0.5) is 0 Å². The number of amides is 2. The molecular formula is C27H34N4O7. The number of aromatic nitrogens is 2. The summed E-state index contributed by atoms with van der Waals surface area (Å²) < 4.78 is 5.85. The number of ether oxygens (including phenoxy) is 1. The summed E-state index contributed by atoms with van der Waals surface area (Å²) in [7, 11) is 0. The fourth-order valence-electron chi connectivity index (χ4n) is 4.56. The van der Waals surface area contributed by atoms with Crippen LogP contribution in [0.25, 0.3) is 0 Å². The first-order valence-corrected chi connectivity index (χ1v) is 12.8. The van der Waals surface area contributed by atoms with Crippen molar-refractivity contribution < 1.29 is 34.1 Å². The van der Waals surface area contributed by atoms with Gasteiger partial charge < -0.3 is 24.7 Å². The maximum atomic E-state index is 13.0. The monoisotopic (exact) mass is 526 g/mol. The van der Waals surface area contributed by atoms with Gasteiger partial charge in [0.15, 0.2) is 0 Å². The average Bonchev–Trinajstić information content (AvgIpc) is 2.94. The van der Waals surface area contributed by atoms with E-state index in [4.69, 9.17) is 24.5 Å². The van der Waals surface area contributed by atoms with Crippen molar-refractivity contribution in [2.24, 2.45) is 5.92 Å². The van der Waals surface area contributed by atoms with Gasteiger partial charge in [-0.2, -0.15) is 0 Å². The van der Waals surface area contributed by atoms with Crippen LogP contribution in [0.3, 0.4) is 0 Å². The van der Waals surface area contributed by atoms with E-state index in [-0.39, 0.29) is 11.8 Å². The van der Waals surface area contributed by atoms with Crippen molar-refractivity contribution in [2.45, 2.75) is 44.9 Å². The topological polar surface area (TPSA) is 150 Å². The summed E-state index contributed by atoms with van der Waals surface area (Å²) in [5.74, 6) is -2.35. The number of piperazine rings is 1. The summed E-state index contributed by atoms with van der Waals surface area (Å²) in [5.41, 5.74) is 1.49. The molecule has 1 aliphatic carbocycles. The normalized spacial score (nSPS) is 15.7. The highest BCUT2D eigenvalue weighted by atomic mass is 16.5. The Balaban J connectivity index is 0.000000599. The molecule has 2 N–H and O–H groups in total. The van der Waals surface area contributed by atoms with Crippen molar-refractivity contribution >= 4 is 23.8 Å². The lowest BCUT2D eigenvalue weighted by atomic mass is 9.87. The molecule has 1 saturated carbocycles. The first-order valence-electron chi connectivity index (χ1n) is 12.8. The smallest absolute Gasteiger partial charge is 0.414 e. The largest absolute Gasteiger partial charge is 0.478 e. The van der Waals surface area contributed by atoms with E-state index in [0.29, 0.717) is 50.7 Å². The van der Waals surface area contributed by atoms with Gasteiger partial charge in [-0.3, -0.25) is 14.6 Å². The minimum atomic E-state index is -1.82. The van der Waals surface area contributed by atoms with Gasteiger partial charge in [0.2, 0.25) is 11.8 Å². The number of pyridine rings is 2. The molecule has 0 bridgehead atoms. The molecule has 1 saturated heterocycles. The van der Waals surface area contributed by atoms with Crippen molar-refractivity contribution in [3.05, 3.63) is 54.0 Å². The lowest BCUT2D eigenvalue weighted by Gasteiger charge is -2.35. The number of nitrogens with zero attached hydrogens (tertiary/aromatic N) is 4. The molecule has 0 unspecified atom stereocenters. The average molecular weight is 527 g/mol. The summed E-state index contributed by atoms with van der Waals surface area (Å²) in [5, 5.41) is 14.8. The van der Waals surface area contributed by atoms with Gasteiger partial charge in [-0.05, 0) is 30.0 Å². The molecule has 11 nitrogen and oxygen atoms in total. The third-order valence-electron chi connectivity index (χ3n) is 6.66. The van der Waals surface area contributed by atoms with Gasteiger partial charge in [0, 0.05) is 56.4 Å². The lowest BCUT2D eigenvalue weighted by Crippen LogP contribution is -2.51. The Labute approximate surface area is 221 Å². The van der Waals surface area contributed by atoms with Gasteiger partial charge in [-0.1, -0.05) is 38.2 Å². The number of carboxylic acid groups (broad SMARTS) is 2. The number of carbonyl (C=O) groups is 4. The molecule has 2 amide bonds. The van der Waals surface area contributed by atoms with E-state index in [9.17, 15) is 9.59 Å². The predicted molar refractivity (Wildman–Crippen MR) is 137 cm³/mol. The molecule has 3 heterocycles. The van der Waals surface area contributed by atoms with Crippen LogP contribution >= 0.6 is 0 Å². The summed E-state index contributed by atoms with van der Waals surface area (Å²) in [6, 6.07) is 7.21. The molecule has 0 radical (unpaired) electrons. The predicted octanol–water partition coefficient (Wildman–Crippen LogP) is 2.51. The highest BCUT2D eigenvalue weighted by Gasteiger charge is 2.25. The van der Waals surface area contributed by atoms with Gasteiger partial charge in [0.05, 0.1) is 13.0 Å². The molecule has 0 aromatic carbocycles. The van der Waals surface area contributed by atoms with E-state index in [0.717, 1.165) is 17.9 Å². The fraction of sp³-hybridized carbons (Fsp3) is 0.481. The minimum Gasteiger partial charge on any atom is -0.478 e. The van der Waals surface area contributed by atoms with Crippen LogP contribution in [0.2, 0.25) is 0 Å². The number of hydrogen-bond acceptors (Lipinski definition) is 7. The van der Waals surface area contributed by atoms with Crippen molar-refractivity contribution in [3.8, 4) is 5.88 Å². The molecule has 11 heteroatoms. The molecule has 204 valence electrons. The standard InChI is InChI=1S/C25H32N4O3.C2H2O4/c30-24(17-21-7-4-10-26-19-21)28-12-14-29(15-13-28)25(31)22-8-11-27-23(18-22)32-16-9-20-5-2-1-3-6-20;3-1(4)2(5)6/h4,7-8,10-11,18-20H,1-3,5-6,9,12-17H2;(H,3,4)(H,5,6). The molecule has 0 spiro atoms. The lowest BCUT2D eigenvalue weighted by molar-refractivity contribution is -0.159. The Morgan fingerprint density at radius 2 is 1.61 bits per heavy atom. The zero-order valence-corrected chi connectivity index (χ0v) is 21.3. The Hall–Kier alpha value is -4.02. The van der Waals surface area contributed by atoms with Crippen molar-refractivity contribution in [2.75, 3.05) is 32.8 Å². The zero-order valence-electron chi connectivity index (χ0n) is 21.3. The van der Waals surface area contributed by atoms with E-state index in [1.807, 2.05) is 17.0 Å². The molecule has 2 aromatic heterocycles. The number of hydrogen-bond donors (Lipinski definition) is 2. The van der Waals surface area contributed by atoms with E-state index in [1.165, 1.54) is 32.1 Å². The van der Waals surface area contributed by atoms with E-state index in [1.54, 1.807) is 35.6 Å². The fourth-order valence-corrected chi connectivity index (χ4v) is 4.56. The van der Waals surface area contributed by atoms with Crippen LogP contribution in [0.1, 0.15) is 54.4 Å². The molecule has 2 aliphatic rings. The first-order chi connectivity index (χ1) is 18.3. The molecule has 38 heavy (non-hydrogen) atoms. The number of rotatable bonds is 7. The Morgan fingerprint density at radius 1 is 0.921 bits per heavy atom. The second-order valence-corrected chi connectivity index (χ2v) is 9.35. The maximum absolute atomic E-state index is 13.0. The summed E-state index contributed by atoms with van der Waals surface area (Å²) >= 11 is 0. The van der Waals surface area contributed by atoms with Gasteiger partial charge in [-0.15, -0.1) is 0 Å². The number of carboxylic acids is 2. The summed E-state index contributed by atoms with van der Waals surface area (Å²) in [6.45, 7) is 2.78. The molecule has 2 aromatic rings. The Kier molecular flexibility index (Phi) is 11.0. The van der Waals surface area contributed by atoms with Crippen LogP contribution < -0.4 is 4.74 Å². The van der Waals surface area contributed by atoms with Gasteiger partial charge in [0.25, 0.3) is 5.91 Å². The quantitative estimate of drug-likeness (QED) is 0.519. The SMILES string of the molecule is O=C(Cc1cccnc1)N1CCN(C(=O)c2ccnc(OCCC3CCCCC3)c2)CC1.O=C(O)C(=O)O. The molecule has 4 rings (SSSR count). The van der Waals surface area contributed by atoms with Crippen LogP contribution in [-0.2, 0) is 20.8 Å².